The molecule has 0 fully saturated rings. The number of nitrogens with one attached hydrogen (secondary N) is 1. The van der Waals surface area contributed by atoms with Gasteiger partial charge in [0.1, 0.15) is 11.6 Å². The van der Waals surface area contributed by atoms with Crippen LogP contribution in [0.1, 0.15) is 10.4 Å². The molecule has 2 aromatic carbocycles. The highest BCUT2D eigenvalue weighted by atomic mass is 32.2. The Labute approximate surface area is 141 Å². The number of benzene rings is 2. The van der Waals surface area contributed by atoms with Gasteiger partial charge in [-0.1, -0.05) is 6.07 Å². The predicted octanol–water partition coefficient (Wildman–Crippen LogP) is 1.41. The average Bonchev–Trinajstić information content (AvgIpc) is 2.52. The SMILES string of the molecule is NS(=O)(=O)c1cccc(NC(=O)COC(=O)c2ccc(F)cc2F)c1. The van der Waals surface area contributed by atoms with Gasteiger partial charge in [-0.05, 0) is 30.3 Å². The normalized spacial score (nSPS) is 11.0. The molecule has 0 atom stereocenters. The summed E-state index contributed by atoms with van der Waals surface area (Å²) in [6, 6.07) is 7.38. The molecule has 0 unspecified atom stereocenters. The lowest BCUT2D eigenvalue weighted by Gasteiger charge is -2.08. The van der Waals surface area contributed by atoms with Crippen LogP contribution in [0.5, 0.6) is 0 Å². The molecule has 0 bridgehead atoms. The lowest BCUT2D eigenvalue weighted by molar-refractivity contribution is -0.119. The molecule has 132 valence electrons. The second-order valence-corrected chi connectivity index (χ2v) is 6.38. The molecule has 2 rings (SSSR count). The van der Waals surface area contributed by atoms with Crippen LogP contribution >= 0.6 is 0 Å². The maximum absolute atomic E-state index is 13.4. The van der Waals surface area contributed by atoms with Crippen molar-refractivity contribution in [3.63, 3.8) is 0 Å². The van der Waals surface area contributed by atoms with E-state index in [0.717, 1.165) is 18.2 Å². The van der Waals surface area contributed by atoms with E-state index >= 15 is 0 Å². The third-order valence-corrected chi connectivity index (χ3v) is 3.84. The van der Waals surface area contributed by atoms with Crippen molar-refractivity contribution in [2.45, 2.75) is 4.90 Å². The number of nitrogens with two attached hydrogens (primary N) is 1. The van der Waals surface area contributed by atoms with Gasteiger partial charge in [0.15, 0.2) is 6.61 Å². The molecule has 2 aromatic rings. The molecule has 0 aliphatic carbocycles. The van der Waals surface area contributed by atoms with Crippen molar-refractivity contribution < 1.29 is 31.5 Å². The fraction of sp³-hybridized carbons (Fsp3) is 0.0667. The molecule has 0 aromatic heterocycles. The van der Waals surface area contributed by atoms with Gasteiger partial charge < -0.3 is 10.1 Å². The number of ether oxygens (including phenoxy) is 1. The van der Waals surface area contributed by atoms with Gasteiger partial charge >= 0.3 is 5.97 Å². The van der Waals surface area contributed by atoms with Crippen LogP contribution in [0.25, 0.3) is 0 Å². The summed E-state index contributed by atoms with van der Waals surface area (Å²) in [4.78, 5) is 23.2. The summed E-state index contributed by atoms with van der Waals surface area (Å²) in [5, 5.41) is 7.27. The van der Waals surface area contributed by atoms with E-state index in [-0.39, 0.29) is 10.6 Å². The molecule has 0 heterocycles. The molecule has 25 heavy (non-hydrogen) atoms. The minimum atomic E-state index is -3.94. The van der Waals surface area contributed by atoms with Crippen molar-refractivity contribution in [3.05, 3.63) is 59.7 Å². The molecule has 3 N–H and O–H groups in total. The third kappa shape index (κ3) is 5.06. The van der Waals surface area contributed by atoms with Gasteiger partial charge in [0.05, 0.1) is 10.5 Å². The minimum absolute atomic E-state index is 0.112. The van der Waals surface area contributed by atoms with Crippen molar-refractivity contribution in [3.8, 4) is 0 Å². The van der Waals surface area contributed by atoms with Crippen LogP contribution in [0.3, 0.4) is 0 Å². The summed E-state index contributed by atoms with van der Waals surface area (Å²) in [6.45, 7) is -0.755. The zero-order valence-electron chi connectivity index (χ0n) is 12.5. The molecule has 0 saturated heterocycles. The molecule has 0 aliphatic heterocycles. The van der Waals surface area contributed by atoms with Crippen molar-refractivity contribution in [1.82, 2.24) is 0 Å². The molecular formula is C15H12F2N2O5S. The number of carbonyl (C=O) groups is 2. The van der Waals surface area contributed by atoms with Crippen molar-refractivity contribution in [1.29, 1.82) is 0 Å². The predicted molar refractivity (Wildman–Crippen MR) is 83.1 cm³/mol. The number of hydrogen-bond donors (Lipinski definition) is 2. The molecular weight excluding hydrogens is 358 g/mol. The van der Waals surface area contributed by atoms with Gasteiger partial charge in [-0.2, -0.15) is 0 Å². The van der Waals surface area contributed by atoms with E-state index < -0.39 is 45.7 Å². The maximum Gasteiger partial charge on any atom is 0.341 e. The summed E-state index contributed by atoms with van der Waals surface area (Å²) in [5.41, 5.74) is -0.411. The van der Waals surface area contributed by atoms with E-state index in [9.17, 15) is 26.8 Å². The first kappa shape index (κ1) is 18.5. The highest BCUT2D eigenvalue weighted by Crippen LogP contribution is 2.14. The number of rotatable bonds is 5. The van der Waals surface area contributed by atoms with E-state index in [1.807, 2.05) is 0 Å². The van der Waals surface area contributed by atoms with Crippen molar-refractivity contribution >= 4 is 27.6 Å². The first-order chi connectivity index (χ1) is 11.7. The average molecular weight is 370 g/mol. The third-order valence-electron chi connectivity index (χ3n) is 2.93. The van der Waals surface area contributed by atoms with Gasteiger partial charge in [0.25, 0.3) is 5.91 Å². The van der Waals surface area contributed by atoms with E-state index in [1.54, 1.807) is 0 Å². The largest absolute Gasteiger partial charge is 0.452 e. The number of esters is 1. The van der Waals surface area contributed by atoms with Crippen LogP contribution in [0.15, 0.2) is 47.4 Å². The van der Waals surface area contributed by atoms with Crippen LogP contribution < -0.4 is 10.5 Å². The highest BCUT2D eigenvalue weighted by Gasteiger charge is 2.16. The van der Waals surface area contributed by atoms with Crippen LogP contribution in [0, 0.1) is 11.6 Å². The molecule has 1 amide bonds. The molecule has 0 spiro atoms. The lowest BCUT2D eigenvalue weighted by Crippen LogP contribution is -2.21. The summed E-state index contributed by atoms with van der Waals surface area (Å²) in [6.07, 6.45) is 0. The highest BCUT2D eigenvalue weighted by molar-refractivity contribution is 7.89. The number of hydrogen-bond acceptors (Lipinski definition) is 5. The molecule has 7 nitrogen and oxygen atoms in total. The Morgan fingerprint density at radius 1 is 1.12 bits per heavy atom. The van der Waals surface area contributed by atoms with Crippen LogP contribution in [0.2, 0.25) is 0 Å². The zero-order valence-corrected chi connectivity index (χ0v) is 13.3. The Balaban J connectivity index is 1.98. The fourth-order valence-electron chi connectivity index (χ4n) is 1.81. The first-order valence-electron chi connectivity index (χ1n) is 6.72. The minimum Gasteiger partial charge on any atom is -0.452 e. The maximum atomic E-state index is 13.4. The van der Waals surface area contributed by atoms with Gasteiger partial charge in [0, 0.05) is 11.8 Å². The van der Waals surface area contributed by atoms with Crippen molar-refractivity contribution in [2.75, 3.05) is 11.9 Å². The Morgan fingerprint density at radius 3 is 2.48 bits per heavy atom. The number of amides is 1. The van der Waals surface area contributed by atoms with Gasteiger partial charge in [-0.25, -0.2) is 27.1 Å². The van der Waals surface area contributed by atoms with Crippen molar-refractivity contribution in [2.24, 2.45) is 5.14 Å². The smallest absolute Gasteiger partial charge is 0.341 e. The standard InChI is InChI=1S/C15H12F2N2O5S/c16-9-4-5-12(13(17)6-9)15(21)24-8-14(20)19-10-2-1-3-11(7-10)25(18,22)23/h1-7H,8H2,(H,19,20)(H2,18,22,23). The fourth-order valence-corrected chi connectivity index (χ4v) is 2.37. The molecule has 10 heteroatoms. The first-order valence-corrected chi connectivity index (χ1v) is 8.26. The number of sulfonamides is 1. The van der Waals surface area contributed by atoms with Crippen LogP contribution in [0.4, 0.5) is 14.5 Å². The van der Waals surface area contributed by atoms with E-state index in [1.165, 1.54) is 18.2 Å². The Hall–Kier alpha value is -2.85. The van der Waals surface area contributed by atoms with E-state index in [0.29, 0.717) is 6.07 Å². The van der Waals surface area contributed by atoms with E-state index in [2.05, 4.69) is 10.1 Å². The van der Waals surface area contributed by atoms with Gasteiger partial charge in [-0.15, -0.1) is 0 Å². The summed E-state index contributed by atoms with van der Waals surface area (Å²) < 4.78 is 53.3. The summed E-state index contributed by atoms with van der Waals surface area (Å²) in [5.74, 6) is -3.92. The Kier molecular flexibility index (Phi) is 5.45. The van der Waals surface area contributed by atoms with Gasteiger partial charge in [0.2, 0.25) is 10.0 Å². The number of carbonyl (C=O) groups excluding carboxylic acids is 2. The zero-order chi connectivity index (χ0) is 18.6. The lowest BCUT2D eigenvalue weighted by atomic mass is 10.2. The summed E-state index contributed by atoms with van der Waals surface area (Å²) >= 11 is 0. The second kappa shape index (κ2) is 7.36. The summed E-state index contributed by atoms with van der Waals surface area (Å²) in [7, 11) is -3.94. The number of anilines is 1. The quantitative estimate of drug-likeness (QED) is 0.772. The van der Waals surface area contributed by atoms with Gasteiger partial charge in [-0.3, -0.25) is 4.79 Å². The monoisotopic (exact) mass is 370 g/mol. The Bertz CT molecular complexity index is 931. The topological polar surface area (TPSA) is 116 Å². The molecule has 0 aliphatic rings. The molecule has 0 radical (unpaired) electrons. The second-order valence-electron chi connectivity index (χ2n) is 4.82. The Morgan fingerprint density at radius 2 is 1.84 bits per heavy atom. The van der Waals surface area contributed by atoms with Crippen LogP contribution in [-0.4, -0.2) is 26.9 Å². The van der Waals surface area contributed by atoms with Crippen LogP contribution in [-0.2, 0) is 19.6 Å². The number of halogens is 2. The number of primary sulfonamides is 1. The molecule has 0 saturated carbocycles. The van der Waals surface area contributed by atoms with E-state index in [4.69, 9.17) is 5.14 Å².